The molecule has 1 saturated heterocycles. The number of aliphatic hydroxyl groups excluding tert-OH is 1. The third-order valence-corrected chi connectivity index (χ3v) is 5.85. The zero-order valence-corrected chi connectivity index (χ0v) is 12.5. The van der Waals surface area contributed by atoms with E-state index in [9.17, 15) is 13.5 Å². The predicted octanol–water partition coefficient (Wildman–Crippen LogP) is 1.28. The first-order valence-corrected chi connectivity index (χ1v) is 8.14. The summed E-state index contributed by atoms with van der Waals surface area (Å²) in [5, 5.41) is 9.25. The summed E-state index contributed by atoms with van der Waals surface area (Å²) >= 11 is 0. The smallest absolute Gasteiger partial charge is 0.244 e. The molecular weight excluding hydrogens is 264 g/mol. The van der Waals surface area contributed by atoms with Crippen LogP contribution < -0.4 is 0 Å². The molecule has 2 rings (SSSR count). The summed E-state index contributed by atoms with van der Waals surface area (Å²) in [5.74, 6) is 0.778. The Hall–Kier alpha value is -0.850. The van der Waals surface area contributed by atoms with Crippen molar-refractivity contribution in [2.24, 2.45) is 11.8 Å². The minimum Gasteiger partial charge on any atom is -0.390 e. The van der Waals surface area contributed by atoms with Gasteiger partial charge in [-0.15, -0.1) is 0 Å². The molecule has 1 aliphatic rings. The molecule has 0 aliphatic carbocycles. The molecule has 0 amide bonds. The molecule has 19 heavy (non-hydrogen) atoms. The molecule has 1 fully saturated rings. The quantitative estimate of drug-likeness (QED) is 0.907. The average molecular weight is 286 g/mol. The molecule has 0 bridgehead atoms. The topological polar surface area (TPSA) is 62.5 Å². The lowest BCUT2D eigenvalue weighted by molar-refractivity contribution is 0.271. The van der Waals surface area contributed by atoms with E-state index < -0.39 is 10.0 Å². The number of nitrogens with zero attached hydrogens (tertiary/aromatic N) is 2. The molecule has 0 spiro atoms. The van der Waals surface area contributed by atoms with Crippen LogP contribution in [-0.2, 0) is 23.2 Å². The van der Waals surface area contributed by atoms with E-state index in [1.54, 1.807) is 21.1 Å². The molecule has 1 aromatic rings. The summed E-state index contributed by atoms with van der Waals surface area (Å²) < 4.78 is 28.4. The average Bonchev–Trinajstić information content (AvgIpc) is 2.94. The van der Waals surface area contributed by atoms with Crippen molar-refractivity contribution in [1.82, 2.24) is 8.87 Å². The molecule has 0 saturated carbocycles. The molecule has 108 valence electrons. The van der Waals surface area contributed by atoms with Crippen molar-refractivity contribution in [3.8, 4) is 0 Å². The van der Waals surface area contributed by atoms with Crippen LogP contribution in [0.3, 0.4) is 0 Å². The number of aryl methyl sites for hydroxylation is 1. The van der Waals surface area contributed by atoms with Gasteiger partial charge < -0.3 is 9.67 Å². The number of hydrogen-bond acceptors (Lipinski definition) is 3. The van der Waals surface area contributed by atoms with Gasteiger partial charge in [0.15, 0.2) is 0 Å². The molecule has 6 heteroatoms. The highest BCUT2D eigenvalue weighted by molar-refractivity contribution is 7.89. The maximum absolute atomic E-state index is 12.6. The van der Waals surface area contributed by atoms with Gasteiger partial charge in [-0.05, 0) is 24.8 Å². The van der Waals surface area contributed by atoms with Crippen LogP contribution in [0.4, 0.5) is 0 Å². The minimum absolute atomic E-state index is 0.143. The number of sulfonamides is 1. The lowest BCUT2D eigenvalue weighted by atomic mass is 10.0. The Morgan fingerprint density at radius 1 is 1.32 bits per heavy atom. The first-order chi connectivity index (χ1) is 8.90. The van der Waals surface area contributed by atoms with Crippen LogP contribution >= 0.6 is 0 Å². The highest BCUT2D eigenvalue weighted by Gasteiger charge is 2.35. The third kappa shape index (κ3) is 2.57. The zero-order valence-electron chi connectivity index (χ0n) is 11.7. The van der Waals surface area contributed by atoms with Crippen LogP contribution in [-0.4, -0.2) is 35.5 Å². The summed E-state index contributed by atoms with van der Waals surface area (Å²) in [7, 11) is -3.42. The number of rotatable bonds is 4. The number of aromatic nitrogens is 1. The fourth-order valence-corrected chi connectivity index (χ4v) is 4.22. The first kappa shape index (κ1) is 14.6. The summed E-state index contributed by atoms with van der Waals surface area (Å²) in [6, 6.07) is 1.58. The number of hydrogen-bond donors (Lipinski definition) is 1. The molecule has 1 aromatic heterocycles. The predicted molar refractivity (Wildman–Crippen MR) is 73.1 cm³/mol. The van der Waals surface area contributed by atoms with Crippen LogP contribution in [0, 0.1) is 11.8 Å². The lowest BCUT2D eigenvalue weighted by Crippen LogP contribution is -2.28. The molecule has 2 unspecified atom stereocenters. The third-order valence-electron chi connectivity index (χ3n) is 4.06. The highest BCUT2D eigenvalue weighted by atomic mass is 32.2. The maximum atomic E-state index is 12.6. The summed E-state index contributed by atoms with van der Waals surface area (Å²) in [6.45, 7) is 7.75. The standard InChI is InChI=1S/C13H22N2O3S/c1-4-14-8-13(5-12(14)9-16)19(17,18)15-6-10(2)11(3)7-15/h5,8,10-11,16H,4,6-7,9H2,1-3H3. The lowest BCUT2D eigenvalue weighted by Gasteiger charge is -2.14. The highest BCUT2D eigenvalue weighted by Crippen LogP contribution is 2.28. The van der Waals surface area contributed by atoms with Gasteiger partial charge in [0.2, 0.25) is 10.0 Å². The zero-order chi connectivity index (χ0) is 14.2. The van der Waals surface area contributed by atoms with Crippen molar-refractivity contribution in [3.05, 3.63) is 18.0 Å². The van der Waals surface area contributed by atoms with Crippen molar-refractivity contribution >= 4 is 10.0 Å². The van der Waals surface area contributed by atoms with Gasteiger partial charge in [-0.1, -0.05) is 13.8 Å². The van der Waals surface area contributed by atoms with Gasteiger partial charge in [-0.25, -0.2) is 8.42 Å². The van der Waals surface area contributed by atoms with Gasteiger partial charge in [0.05, 0.1) is 6.61 Å². The Kier molecular flexibility index (Phi) is 4.03. The molecule has 5 nitrogen and oxygen atoms in total. The Balaban J connectivity index is 2.32. The summed E-state index contributed by atoms with van der Waals surface area (Å²) in [6.07, 6.45) is 1.62. The number of aliphatic hydroxyl groups is 1. The SMILES string of the molecule is CCn1cc(S(=O)(=O)N2CC(C)C(C)C2)cc1CO. The molecule has 0 aromatic carbocycles. The van der Waals surface area contributed by atoms with Crippen molar-refractivity contribution in [2.75, 3.05) is 13.1 Å². The van der Waals surface area contributed by atoms with Gasteiger partial charge in [0.25, 0.3) is 0 Å². The second kappa shape index (κ2) is 5.26. The molecule has 1 N–H and O–H groups in total. The summed E-state index contributed by atoms with van der Waals surface area (Å²) in [5.41, 5.74) is 0.640. The van der Waals surface area contributed by atoms with Gasteiger partial charge in [0.1, 0.15) is 4.90 Å². The second-order valence-electron chi connectivity index (χ2n) is 5.39. The van der Waals surface area contributed by atoms with Crippen LogP contribution in [0.15, 0.2) is 17.2 Å². The largest absolute Gasteiger partial charge is 0.390 e. The molecule has 2 heterocycles. The first-order valence-electron chi connectivity index (χ1n) is 6.70. The molecule has 0 radical (unpaired) electrons. The van der Waals surface area contributed by atoms with Crippen molar-refractivity contribution in [2.45, 2.75) is 38.8 Å². The van der Waals surface area contributed by atoms with Crippen LogP contribution in [0.2, 0.25) is 0 Å². The molecule has 2 atom stereocenters. The summed E-state index contributed by atoms with van der Waals surface area (Å²) in [4.78, 5) is 0.291. The second-order valence-corrected chi connectivity index (χ2v) is 7.33. The van der Waals surface area contributed by atoms with Gasteiger partial charge in [-0.3, -0.25) is 0 Å². The fourth-order valence-electron chi connectivity index (χ4n) is 2.51. The molecular formula is C13H22N2O3S. The van der Waals surface area contributed by atoms with E-state index in [0.717, 1.165) is 0 Å². The van der Waals surface area contributed by atoms with Crippen molar-refractivity contribution in [3.63, 3.8) is 0 Å². The minimum atomic E-state index is -3.42. The maximum Gasteiger partial charge on any atom is 0.244 e. The molecule has 1 aliphatic heterocycles. The van der Waals surface area contributed by atoms with Crippen LogP contribution in [0.25, 0.3) is 0 Å². The van der Waals surface area contributed by atoms with Gasteiger partial charge in [0, 0.05) is 31.5 Å². The van der Waals surface area contributed by atoms with Gasteiger partial charge in [-0.2, -0.15) is 4.31 Å². The monoisotopic (exact) mass is 286 g/mol. The van der Waals surface area contributed by atoms with E-state index in [1.165, 1.54) is 0 Å². The van der Waals surface area contributed by atoms with E-state index >= 15 is 0 Å². The van der Waals surface area contributed by atoms with E-state index in [2.05, 4.69) is 13.8 Å². The Morgan fingerprint density at radius 2 is 1.89 bits per heavy atom. The Labute approximate surface area is 114 Å². The van der Waals surface area contributed by atoms with E-state index in [0.29, 0.717) is 42.1 Å². The Morgan fingerprint density at radius 3 is 2.32 bits per heavy atom. The van der Waals surface area contributed by atoms with Crippen molar-refractivity contribution in [1.29, 1.82) is 0 Å². The Bertz CT molecular complexity index is 519. The van der Waals surface area contributed by atoms with Crippen LogP contribution in [0.1, 0.15) is 26.5 Å². The van der Waals surface area contributed by atoms with E-state index in [1.807, 2.05) is 6.92 Å². The van der Waals surface area contributed by atoms with E-state index in [-0.39, 0.29) is 6.61 Å². The van der Waals surface area contributed by atoms with Gasteiger partial charge >= 0.3 is 0 Å². The van der Waals surface area contributed by atoms with Crippen LogP contribution in [0.5, 0.6) is 0 Å². The van der Waals surface area contributed by atoms with E-state index in [4.69, 9.17) is 0 Å². The fraction of sp³-hybridized carbons (Fsp3) is 0.692. The van der Waals surface area contributed by atoms with Crippen molar-refractivity contribution < 1.29 is 13.5 Å². The normalized spacial score (nSPS) is 25.1.